The zero-order chi connectivity index (χ0) is 20.3. The molecule has 3 aromatic rings. The number of fused-ring (bicyclic) bond motifs is 1. The van der Waals surface area contributed by atoms with Gasteiger partial charge in [-0.15, -0.1) is 0 Å². The van der Waals surface area contributed by atoms with Crippen LogP contribution in [0.25, 0.3) is 17.0 Å². The molecule has 0 saturated carbocycles. The van der Waals surface area contributed by atoms with Crippen LogP contribution in [0.1, 0.15) is 5.56 Å². The number of nitriles is 1. The Bertz CT molecular complexity index is 1120. The summed E-state index contributed by atoms with van der Waals surface area (Å²) in [5, 5.41) is 20.0. The van der Waals surface area contributed by atoms with E-state index in [1.54, 1.807) is 54.2 Å². The van der Waals surface area contributed by atoms with Crippen LogP contribution in [0.15, 0.2) is 60.3 Å². The van der Waals surface area contributed by atoms with Crippen LogP contribution >= 0.6 is 11.6 Å². The molecule has 0 atom stereocenters. The summed E-state index contributed by atoms with van der Waals surface area (Å²) in [5.41, 5.74) is 1.86. The minimum absolute atomic E-state index is 0.0596. The van der Waals surface area contributed by atoms with E-state index in [1.807, 2.05) is 18.2 Å². The third-order valence-corrected chi connectivity index (χ3v) is 4.55. The topological polar surface area (TPSA) is 86.3 Å². The molecule has 140 valence electrons. The zero-order valence-electron chi connectivity index (χ0n) is 15.0. The van der Waals surface area contributed by atoms with Gasteiger partial charge in [-0.1, -0.05) is 29.8 Å². The van der Waals surface area contributed by atoms with E-state index in [1.165, 1.54) is 11.0 Å². The number of amides is 1. The number of carboxylic acids is 1. The van der Waals surface area contributed by atoms with Gasteiger partial charge >= 0.3 is 5.97 Å². The van der Waals surface area contributed by atoms with Crippen LogP contribution in [0.4, 0.5) is 5.69 Å². The highest BCUT2D eigenvalue weighted by Gasteiger charge is 2.18. The van der Waals surface area contributed by atoms with E-state index in [4.69, 9.17) is 16.7 Å². The smallest absolute Gasteiger partial charge is 0.323 e. The van der Waals surface area contributed by atoms with Gasteiger partial charge in [-0.2, -0.15) is 5.26 Å². The average Bonchev–Trinajstić information content (AvgIpc) is 3.02. The maximum atomic E-state index is 12.8. The first-order valence-corrected chi connectivity index (χ1v) is 8.73. The highest BCUT2D eigenvalue weighted by molar-refractivity contribution is 6.30. The fourth-order valence-electron chi connectivity index (χ4n) is 2.93. The molecule has 0 unspecified atom stereocenters. The number of hydrogen-bond acceptors (Lipinski definition) is 3. The van der Waals surface area contributed by atoms with E-state index in [9.17, 15) is 14.9 Å². The molecule has 3 rings (SSSR count). The Morgan fingerprint density at radius 1 is 1.21 bits per heavy atom. The number of hydrogen-bond donors (Lipinski definition) is 1. The molecule has 0 aliphatic carbocycles. The molecule has 0 fully saturated rings. The number of halogens is 1. The first kappa shape index (κ1) is 19.2. The van der Waals surface area contributed by atoms with Crippen LogP contribution in [0.3, 0.4) is 0 Å². The summed E-state index contributed by atoms with van der Waals surface area (Å²) in [7, 11) is 1.57. The first-order chi connectivity index (χ1) is 13.4. The van der Waals surface area contributed by atoms with Crippen LogP contribution in [-0.4, -0.2) is 28.6 Å². The number of aliphatic carboxylic acids is 1. The molecule has 1 N–H and O–H groups in total. The maximum Gasteiger partial charge on any atom is 0.323 e. The van der Waals surface area contributed by atoms with Gasteiger partial charge in [0.15, 0.2) is 0 Å². The van der Waals surface area contributed by atoms with Crippen molar-refractivity contribution in [3.63, 3.8) is 0 Å². The van der Waals surface area contributed by atoms with Gasteiger partial charge in [0.05, 0.1) is 0 Å². The van der Waals surface area contributed by atoms with E-state index < -0.39 is 11.9 Å². The molecular formula is C21H16ClN3O3. The summed E-state index contributed by atoms with van der Waals surface area (Å²) in [6.45, 7) is -0.213. The molecule has 0 radical (unpaired) electrons. The predicted octanol–water partition coefficient (Wildman–Crippen LogP) is 3.95. The molecule has 0 aliphatic rings. The number of carboxylic acid groups (broad SMARTS) is 1. The lowest BCUT2D eigenvalue weighted by atomic mass is 10.1. The van der Waals surface area contributed by atoms with E-state index in [-0.39, 0.29) is 12.1 Å². The zero-order valence-corrected chi connectivity index (χ0v) is 15.7. The van der Waals surface area contributed by atoms with Gasteiger partial charge in [0.1, 0.15) is 18.2 Å². The number of rotatable bonds is 5. The number of anilines is 1. The van der Waals surface area contributed by atoms with Gasteiger partial charge in [-0.25, -0.2) is 0 Å². The van der Waals surface area contributed by atoms with Crippen LogP contribution in [0.2, 0.25) is 5.02 Å². The molecule has 1 amide bonds. The van der Waals surface area contributed by atoms with Crippen molar-refractivity contribution in [1.82, 2.24) is 4.57 Å². The van der Waals surface area contributed by atoms with Crippen LogP contribution in [-0.2, 0) is 16.1 Å². The summed E-state index contributed by atoms with van der Waals surface area (Å²) < 4.78 is 1.58. The van der Waals surface area contributed by atoms with Crippen LogP contribution < -0.4 is 4.90 Å². The van der Waals surface area contributed by atoms with Gasteiger partial charge in [0.2, 0.25) is 0 Å². The normalized spacial score (nSPS) is 11.2. The van der Waals surface area contributed by atoms with Crippen LogP contribution in [0, 0.1) is 11.3 Å². The molecule has 7 heteroatoms. The minimum Gasteiger partial charge on any atom is -0.480 e. The number of carbonyl (C=O) groups is 2. The Labute approximate surface area is 166 Å². The summed E-state index contributed by atoms with van der Waals surface area (Å²) in [6, 6.07) is 15.9. The molecule has 0 aliphatic heterocycles. The number of para-hydroxylation sites is 1. The minimum atomic E-state index is -0.977. The van der Waals surface area contributed by atoms with Crippen molar-refractivity contribution in [3.05, 3.63) is 70.9 Å². The highest BCUT2D eigenvalue weighted by atomic mass is 35.5. The largest absolute Gasteiger partial charge is 0.480 e. The Kier molecular flexibility index (Phi) is 5.48. The van der Waals surface area contributed by atoms with Crippen molar-refractivity contribution in [2.24, 2.45) is 0 Å². The summed E-state index contributed by atoms with van der Waals surface area (Å²) in [4.78, 5) is 25.3. The molecule has 0 bridgehead atoms. The monoisotopic (exact) mass is 393 g/mol. The second-order valence-corrected chi connectivity index (χ2v) is 6.57. The van der Waals surface area contributed by atoms with Crippen molar-refractivity contribution in [2.75, 3.05) is 11.9 Å². The van der Waals surface area contributed by atoms with Gasteiger partial charge in [0, 0.05) is 40.4 Å². The van der Waals surface area contributed by atoms with E-state index in [0.29, 0.717) is 21.8 Å². The Hall–Kier alpha value is -3.56. The third-order valence-electron chi connectivity index (χ3n) is 4.29. The van der Waals surface area contributed by atoms with Crippen molar-refractivity contribution in [1.29, 1.82) is 5.26 Å². The Balaban J connectivity index is 2.01. The lowest BCUT2D eigenvalue weighted by Crippen LogP contribution is -2.27. The lowest BCUT2D eigenvalue weighted by Gasteiger charge is -2.16. The number of aromatic nitrogens is 1. The highest BCUT2D eigenvalue weighted by Crippen LogP contribution is 2.25. The van der Waals surface area contributed by atoms with Crippen molar-refractivity contribution in [3.8, 4) is 6.07 Å². The van der Waals surface area contributed by atoms with Crippen molar-refractivity contribution >= 4 is 46.1 Å². The van der Waals surface area contributed by atoms with E-state index >= 15 is 0 Å². The maximum absolute atomic E-state index is 12.8. The second-order valence-electron chi connectivity index (χ2n) is 6.13. The third kappa shape index (κ3) is 3.90. The van der Waals surface area contributed by atoms with Gasteiger partial charge in [-0.05, 0) is 36.4 Å². The molecule has 1 heterocycles. The molecule has 28 heavy (non-hydrogen) atoms. The first-order valence-electron chi connectivity index (χ1n) is 8.36. The fraction of sp³-hybridized carbons (Fsp3) is 0.0952. The molecule has 2 aromatic carbocycles. The van der Waals surface area contributed by atoms with E-state index in [2.05, 4.69) is 0 Å². The molecule has 0 spiro atoms. The molecule has 0 saturated heterocycles. The van der Waals surface area contributed by atoms with Crippen LogP contribution in [0.5, 0.6) is 0 Å². The quantitative estimate of drug-likeness (QED) is 0.525. The Morgan fingerprint density at radius 3 is 2.54 bits per heavy atom. The number of likely N-dealkylation sites (N-methyl/N-ethyl adjacent to an activating group) is 1. The van der Waals surface area contributed by atoms with Crippen molar-refractivity contribution < 1.29 is 14.7 Å². The van der Waals surface area contributed by atoms with E-state index in [0.717, 1.165) is 5.39 Å². The van der Waals surface area contributed by atoms with Crippen molar-refractivity contribution in [2.45, 2.75) is 6.54 Å². The number of nitrogens with zero attached hydrogens (tertiary/aromatic N) is 3. The SMILES string of the molecule is CN(C(=O)/C(C#N)=C/c1cn(CC(=O)O)c2ccccc12)c1ccc(Cl)cc1. The number of benzene rings is 2. The fourth-order valence-corrected chi connectivity index (χ4v) is 3.05. The van der Waals surface area contributed by atoms with Gasteiger partial charge in [0.25, 0.3) is 5.91 Å². The number of carbonyl (C=O) groups excluding carboxylic acids is 1. The summed E-state index contributed by atoms with van der Waals surface area (Å²) in [6.07, 6.45) is 3.11. The standard InChI is InChI=1S/C21H16ClN3O3/c1-24(17-8-6-16(22)7-9-17)21(28)14(11-23)10-15-12-25(13-20(26)27)19-5-3-2-4-18(15)19/h2-10,12H,13H2,1H3,(H,26,27)/b14-10+. The van der Waals surface area contributed by atoms with Gasteiger partial charge in [-0.3, -0.25) is 9.59 Å². The summed E-state index contributed by atoms with van der Waals surface area (Å²) >= 11 is 5.88. The van der Waals surface area contributed by atoms with Gasteiger partial charge < -0.3 is 14.6 Å². The lowest BCUT2D eigenvalue weighted by molar-refractivity contribution is -0.137. The molecular weight excluding hydrogens is 378 g/mol. The second kappa shape index (κ2) is 7.99. The predicted molar refractivity (Wildman–Crippen MR) is 108 cm³/mol. The molecule has 6 nitrogen and oxygen atoms in total. The molecule has 1 aromatic heterocycles. The Morgan fingerprint density at radius 2 is 1.89 bits per heavy atom. The summed E-state index contributed by atoms with van der Waals surface area (Å²) in [5.74, 6) is -1.45. The average molecular weight is 394 g/mol.